The molecule has 4 aliphatic carbocycles. The van der Waals surface area contributed by atoms with Crippen LogP contribution in [-0.4, -0.2) is 63.1 Å². The minimum atomic E-state index is -2.24. The summed E-state index contributed by atoms with van der Waals surface area (Å²) in [5, 5.41) is 34.3. The lowest BCUT2D eigenvalue weighted by atomic mass is 9.59. The summed E-state index contributed by atoms with van der Waals surface area (Å²) in [7, 11) is 0. The molecular formula is C24H32O8. The SMILES string of the molecule is CC(=O)OCC1=C[C@@H]2C(=O)[C@]3(C=C(C)[C@H](O)[C@@]3(O)[C@@H]1O)[C@H](C)C[C@]1(OC(C)=O)[C@H]2C1(C)C. The van der Waals surface area contributed by atoms with Gasteiger partial charge in [0.1, 0.15) is 30.0 Å². The average Bonchev–Trinajstić information content (AvgIpc) is 3.08. The molecule has 0 unspecified atom stereocenters. The van der Waals surface area contributed by atoms with Gasteiger partial charge in [-0.15, -0.1) is 0 Å². The van der Waals surface area contributed by atoms with E-state index in [0.29, 0.717) is 12.0 Å². The average molecular weight is 449 g/mol. The van der Waals surface area contributed by atoms with Crippen molar-refractivity contribution in [1.29, 1.82) is 0 Å². The summed E-state index contributed by atoms with van der Waals surface area (Å²) in [6.07, 6.45) is 0.313. The van der Waals surface area contributed by atoms with Crippen LogP contribution in [0.15, 0.2) is 23.3 Å². The maximum atomic E-state index is 14.2. The van der Waals surface area contributed by atoms with Gasteiger partial charge >= 0.3 is 11.9 Å². The summed E-state index contributed by atoms with van der Waals surface area (Å²) < 4.78 is 11.0. The van der Waals surface area contributed by atoms with Crippen LogP contribution in [0.1, 0.15) is 48.0 Å². The highest BCUT2D eigenvalue weighted by Gasteiger charge is 2.83. The number of ether oxygens (including phenoxy) is 2. The smallest absolute Gasteiger partial charge is 0.303 e. The van der Waals surface area contributed by atoms with Crippen LogP contribution in [0.3, 0.4) is 0 Å². The Morgan fingerprint density at radius 3 is 2.34 bits per heavy atom. The molecule has 0 aliphatic heterocycles. The second-order valence-corrected chi connectivity index (χ2v) is 10.6. The molecule has 2 saturated carbocycles. The zero-order valence-corrected chi connectivity index (χ0v) is 19.3. The van der Waals surface area contributed by atoms with Gasteiger partial charge in [0.05, 0.1) is 5.41 Å². The standard InChI is InChI=1S/C24H32O8/c1-11-8-22-12(2)9-23(32-14(4)26)17(21(23,5)6)16(20(22)29)7-15(10-31-13(3)25)19(28)24(22,30)18(11)27/h7-8,12,16-19,27-28,30H,9-10H2,1-6H3/t12-,16+,17-,18+,19-,22+,23+,24-/m1/s1. The zero-order valence-electron chi connectivity index (χ0n) is 19.3. The van der Waals surface area contributed by atoms with E-state index in [0.717, 1.165) is 0 Å². The normalized spacial score (nSPS) is 46.0. The third-order valence-corrected chi connectivity index (χ3v) is 8.64. The van der Waals surface area contributed by atoms with Crippen molar-refractivity contribution in [3.63, 3.8) is 0 Å². The summed E-state index contributed by atoms with van der Waals surface area (Å²) in [6.45, 7) is 9.51. The van der Waals surface area contributed by atoms with Gasteiger partial charge in [-0.2, -0.15) is 0 Å². The van der Waals surface area contributed by atoms with Gasteiger partial charge in [-0.3, -0.25) is 14.4 Å². The second kappa shape index (κ2) is 6.74. The molecule has 1 spiro atoms. The van der Waals surface area contributed by atoms with Gasteiger partial charge in [-0.25, -0.2) is 0 Å². The van der Waals surface area contributed by atoms with Crippen LogP contribution in [0.25, 0.3) is 0 Å². The summed E-state index contributed by atoms with van der Waals surface area (Å²) in [6, 6.07) is 0. The number of hydrogen-bond acceptors (Lipinski definition) is 8. The molecule has 2 fully saturated rings. The van der Waals surface area contributed by atoms with Gasteiger partial charge < -0.3 is 24.8 Å². The van der Waals surface area contributed by atoms with Crippen molar-refractivity contribution in [1.82, 2.24) is 0 Å². The van der Waals surface area contributed by atoms with E-state index >= 15 is 0 Å². The van der Waals surface area contributed by atoms with E-state index in [4.69, 9.17) is 9.47 Å². The summed E-state index contributed by atoms with van der Waals surface area (Å²) in [5.74, 6) is -3.11. The monoisotopic (exact) mass is 448 g/mol. The van der Waals surface area contributed by atoms with Crippen LogP contribution >= 0.6 is 0 Å². The van der Waals surface area contributed by atoms with Crippen molar-refractivity contribution in [2.75, 3.05) is 6.61 Å². The molecule has 3 N–H and O–H groups in total. The summed E-state index contributed by atoms with van der Waals surface area (Å²) in [4.78, 5) is 37.7. The molecule has 0 saturated heterocycles. The van der Waals surface area contributed by atoms with E-state index in [1.165, 1.54) is 13.8 Å². The van der Waals surface area contributed by atoms with Gasteiger partial charge in [0.15, 0.2) is 5.78 Å². The third-order valence-electron chi connectivity index (χ3n) is 8.64. The lowest BCUT2D eigenvalue weighted by Gasteiger charge is -2.48. The maximum Gasteiger partial charge on any atom is 0.303 e. The highest BCUT2D eigenvalue weighted by molar-refractivity contribution is 5.95. The molecule has 0 amide bonds. The van der Waals surface area contributed by atoms with Crippen molar-refractivity contribution in [2.24, 2.45) is 28.6 Å². The lowest BCUT2D eigenvalue weighted by molar-refractivity contribution is -0.192. The summed E-state index contributed by atoms with van der Waals surface area (Å²) >= 11 is 0. The van der Waals surface area contributed by atoms with Crippen LogP contribution < -0.4 is 0 Å². The van der Waals surface area contributed by atoms with E-state index in [-0.39, 0.29) is 23.9 Å². The first-order valence-electron chi connectivity index (χ1n) is 11.0. The molecule has 8 nitrogen and oxygen atoms in total. The molecule has 0 heterocycles. The fourth-order valence-electron chi connectivity index (χ4n) is 7.16. The number of aliphatic hydroxyl groups is 3. The molecule has 0 aromatic carbocycles. The Bertz CT molecular complexity index is 963. The molecule has 2 bridgehead atoms. The van der Waals surface area contributed by atoms with E-state index in [1.54, 1.807) is 26.0 Å². The number of ketones is 1. The Hall–Kier alpha value is -2.03. The van der Waals surface area contributed by atoms with E-state index in [2.05, 4.69) is 0 Å². The topological polar surface area (TPSA) is 130 Å². The molecule has 8 atom stereocenters. The number of allylic oxidation sites excluding steroid dienone is 1. The van der Waals surface area contributed by atoms with Crippen molar-refractivity contribution >= 4 is 17.7 Å². The first-order valence-corrected chi connectivity index (χ1v) is 11.0. The number of Topliss-reactive ketones (excluding diaryl/α,β-unsaturated/α-hetero) is 1. The van der Waals surface area contributed by atoms with Gasteiger partial charge in [0.25, 0.3) is 0 Å². The number of esters is 2. The van der Waals surface area contributed by atoms with Crippen LogP contribution in [0.4, 0.5) is 0 Å². The number of aliphatic hydroxyl groups excluding tert-OH is 2. The van der Waals surface area contributed by atoms with Crippen LogP contribution in [0.5, 0.6) is 0 Å². The third kappa shape index (κ3) is 2.51. The fourth-order valence-corrected chi connectivity index (χ4v) is 7.16. The Morgan fingerprint density at radius 1 is 1.16 bits per heavy atom. The van der Waals surface area contributed by atoms with Gasteiger partial charge in [0, 0.05) is 31.1 Å². The number of fused-ring (bicyclic) bond motifs is 3. The minimum absolute atomic E-state index is 0.151. The van der Waals surface area contributed by atoms with Crippen molar-refractivity contribution in [2.45, 2.75) is 71.4 Å². The molecule has 4 aliphatic rings. The Balaban J connectivity index is 1.96. The highest BCUT2D eigenvalue weighted by atomic mass is 16.6. The molecule has 0 aromatic rings. The van der Waals surface area contributed by atoms with Crippen molar-refractivity contribution in [3.8, 4) is 0 Å². The molecule has 32 heavy (non-hydrogen) atoms. The first kappa shape index (κ1) is 23.1. The van der Waals surface area contributed by atoms with Crippen LogP contribution in [0, 0.1) is 28.6 Å². The zero-order chi connectivity index (χ0) is 24.0. The molecule has 8 heteroatoms. The number of rotatable bonds is 3. The Morgan fingerprint density at radius 2 is 1.78 bits per heavy atom. The molecule has 176 valence electrons. The van der Waals surface area contributed by atoms with Gasteiger partial charge in [0.2, 0.25) is 0 Å². The van der Waals surface area contributed by atoms with Gasteiger partial charge in [-0.1, -0.05) is 32.9 Å². The number of hydrogen-bond donors (Lipinski definition) is 3. The number of carbonyl (C=O) groups excluding carboxylic acids is 3. The second-order valence-electron chi connectivity index (χ2n) is 10.6. The maximum absolute atomic E-state index is 14.2. The molecule has 0 radical (unpaired) electrons. The van der Waals surface area contributed by atoms with E-state index < -0.39 is 58.0 Å². The van der Waals surface area contributed by atoms with Crippen LogP contribution in [0.2, 0.25) is 0 Å². The predicted octanol–water partition coefficient (Wildman–Crippen LogP) is 1.07. The Kier molecular flexibility index (Phi) is 4.88. The number of carbonyl (C=O) groups is 3. The fraction of sp³-hybridized carbons (Fsp3) is 0.708. The largest absolute Gasteiger partial charge is 0.461 e. The molecular weight excluding hydrogens is 416 g/mol. The predicted molar refractivity (Wildman–Crippen MR) is 112 cm³/mol. The molecule has 4 rings (SSSR count). The first-order chi connectivity index (χ1) is 14.7. The van der Waals surface area contributed by atoms with Gasteiger partial charge in [-0.05, 0) is 30.4 Å². The molecule has 0 aromatic heterocycles. The van der Waals surface area contributed by atoms with Crippen LogP contribution in [-0.2, 0) is 23.9 Å². The van der Waals surface area contributed by atoms with E-state index in [9.17, 15) is 29.7 Å². The van der Waals surface area contributed by atoms with Crippen molar-refractivity contribution in [3.05, 3.63) is 23.3 Å². The minimum Gasteiger partial charge on any atom is -0.461 e. The van der Waals surface area contributed by atoms with E-state index in [1.807, 2.05) is 13.8 Å². The van der Waals surface area contributed by atoms with Crippen molar-refractivity contribution < 1.29 is 39.2 Å². The quantitative estimate of drug-likeness (QED) is 0.432. The highest BCUT2D eigenvalue weighted by Crippen LogP contribution is 2.75. The Labute approximate surface area is 187 Å². The lowest BCUT2D eigenvalue weighted by Crippen LogP contribution is -2.65. The summed E-state index contributed by atoms with van der Waals surface area (Å²) in [5.41, 5.74) is -4.75.